The number of benzene rings is 1. The predicted octanol–water partition coefficient (Wildman–Crippen LogP) is 2.98. The van der Waals surface area contributed by atoms with Crippen LogP contribution in [-0.2, 0) is 4.79 Å². The fraction of sp³-hybridized carbons (Fsp3) is 0.389. The van der Waals surface area contributed by atoms with Crippen molar-refractivity contribution < 1.29 is 14.6 Å². The van der Waals surface area contributed by atoms with Crippen molar-refractivity contribution in [3.8, 4) is 11.5 Å². The Bertz CT molecular complexity index is 893. The summed E-state index contributed by atoms with van der Waals surface area (Å²) < 4.78 is 7.31. The minimum absolute atomic E-state index is 0.0823. The number of hydrogen-bond donors (Lipinski definition) is 2. The minimum atomic E-state index is -0.341. The Morgan fingerprint density at radius 2 is 2.31 bits per heavy atom. The molecule has 0 bridgehead atoms. The predicted molar refractivity (Wildman–Crippen MR) is 98.7 cm³/mol. The van der Waals surface area contributed by atoms with Gasteiger partial charge in [-0.1, -0.05) is 23.9 Å². The number of phenolic OH excluding ortho intramolecular Hbond substituents is 1. The van der Waals surface area contributed by atoms with Crippen LogP contribution in [0.15, 0.2) is 35.1 Å². The van der Waals surface area contributed by atoms with E-state index < -0.39 is 0 Å². The van der Waals surface area contributed by atoms with Crippen LogP contribution in [0.25, 0.3) is 0 Å². The average Bonchev–Trinajstić information content (AvgIpc) is 3.05. The van der Waals surface area contributed by atoms with E-state index in [-0.39, 0.29) is 23.5 Å². The first-order valence-electron chi connectivity index (χ1n) is 8.58. The fourth-order valence-corrected chi connectivity index (χ4v) is 3.91. The number of phenols is 1. The lowest BCUT2D eigenvalue weighted by Crippen LogP contribution is -2.38. The van der Waals surface area contributed by atoms with Crippen molar-refractivity contribution in [2.24, 2.45) is 5.92 Å². The molecule has 7 nitrogen and oxygen atoms in total. The van der Waals surface area contributed by atoms with Crippen molar-refractivity contribution in [1.82, 2.24) is 14.8 Å². The summed E-state index contributed by atoms with van der Waals surface area (Å²) in [5, 5.41) is 18.5. The third-order valence-electron chi connectivity index (χ3n) is 4.69. The van der Waals surface area contributed by atoms with Gasteiger partial charge in [0.2, 0.25) is 11.1 Å². The Morgan fingerprint density at radius 1 is 1.46 bits per heavy atom. The Hall–Kier alpha value is -2.48. The molecule has 1 aromatic heterocycles. The molecule has 2 aromatic rings. The third kappa shape index (κ3) is 2.74. The summed E-state index contributed by atoms with van der Waals surface area (Å²) in [7, 11) is 0. The van der Waals surface area contributed by atoms with Crippen molar-refractivity contribution in [3.63, 3.8) is 0 Å². The molecule has 0 unspecified atom stereocenters. The molecule has 0 radical (unpaired) electrons. The van der Waals surface area contributed by atoms with Crippen LogP contribution in [0.3, 0.4) is 0 Å². The van der Waals surface area contributed by atoms with Gasteiger partial charge >= 0.3 is 0 Å². The van der Waals surface area contributed by atoms with Gasteiger partial charge in [-0.15, -0.1) is 5.10 Å². The summed E-state index contributed by atoms with van der Waals surface area (Å²) in [5.74, 6) is 0.954. The number of allylic oxidation sites excluding steroid dienone is 2. The zero-order valence-electron chi connectivity index (χ0n) is 14.6. The number of ether oxygens (including phenoxy) is 1. The lowest BCUT2D eigenvalue weighted by molar-refractivity contribution is -0.123. The second-order valence-electron chi connectivity index (χ2n) is 6.24. The van der Waals surface area contributed by atoms with Gasteiger partial charge in [-0.25, -0.2) is 4.68 Å². The van der Waals surface area contributed by atoms with Crippen molar-refractivity contribution >= 4 is 23.5 Å². The Kier molecular flexibility index (Phi) is 4.36. The number of hydrogen-bond acceptors (Lipinski definition) is 7. The number of aromatic hydroxyl groups is 1. The summed E-state index contributed by atoms with van der Waals surface area (Å²) in [6, 6.07) is 4.89. The number of nitrogens with one attached hydrogen (secondary N) is 1. The van der Waals surface area contributed by atoms with Gasteiger partial charge in [0, 0.05) is 12.1 Å². The van der Waals surface area contributed by atoms with Crippen molar-refractivity contribution in [2.45, 2.75) is 31.0 Å². The zero-order valence-corrected chi connectivity index (χ0v) is 15.4. The third-order valence-corrected chi connectivity index (χ3v) is 5.23. The number of fused-ring (bicyclic) bond motifs is 2. The molecular weight excluding hydrogens is 352 g/mol. The van der Waals surface area contributed by atoms with Gasteiger partial charge in [-0.2, -0.15) is 4.98 Å². The second-order valence-corrected chi connectivity index (χ2v) is 7.01. The molecule has 8 heteroatoms. The summed E-state index contributed by atoms with van der Waals surface area (Å²) in [6.07, 6.45) is 5.23. The van der Waals surface area contributed by atoms with E-state index in [1.54, 1.807) is 16.8 Å². The molecule has 0 fully saturated rings. The van der Waals surface area contributed by atoms with Gasteiger partial charge in [0.05, 0.1) is 18.6 Å². The number of thioether (sulfide) groups is 1. The van der Waals surface area contributed by atoms with Crippen molar-refractivity contribution in [2.75, 3.05) is 18.2 Å². The first-order chi connectivity index (χ1) is 12.6. The van der Waals surface area contributed by atoms with Crippen LogP contribution in [-0.4, -0.2) is 38.5 Å². The van der Waals surface area contributed by atoms with Crippen molar-refractivity contribution in [1.29, 1.82) is 0 Å². The second kappa shape index (κ2) is 6.68. The van der Waals surface area contributed by atoms with Crippen LogP contribution in [0, 0.1) is 5.92 Å². The molecule has 136 valence electrons. The summed E-state index contributed by atoms with van der Waals surface area (Å²) in [4.78, 5) is 17.3. The minimum Gasteiger partial charge on any atom is -0.504 e. The number of rotatable bonds is 4. The fourth-order valence-electron chi connectivity index (χ4n) is 3.56. The summed E-state index contributed by atoms with van der Waals surface area (Å²) >= 11 is 1.46. The van der Waals surface area contributed by atoms with Crippen molar-refractivity contribution in [3.05, 3.63) is 35.5 Å². The van der Waals surface area contributed by atoms with Crippen LogP contribution >= 0.6 is 11.8 Å². The molecule has 4 rings (SSSR count). The number of carbonyl (C=O) groups is 1. The Labute approximate surface area is 155 Å². The number of carbonyl (C=O) groups excluding carboxylic acids is 1. The van der Waals surface area contributed by atoms with Gasteiger partial charge in [0.25, 0.3) is 0 Å². The van der Waals surface area contributed by atoms with Crippen LogP contribution in [0.2, 0.25) is 0 Å². The molecule has 2 atom stereocenters. The molecule has 2 aliphatic rings. The number of nitrogens with zero attached hydrogens (tertiary/aromatic N) is 3. The van der Waals surface area contributed by atoms with E-state index in [1.807, 2.05) is 19.2 Å². The normalized spacial score (nSPS) is 21.5. The quantitative estimate of drug-likeness (QED) is 0.798. The number of aromatic nitrogens is 3. The molecule has 0 spiro atoms. The topological polar surface area (TPSA) is 89.3 Å². The van der Waals surface area contributed by atoms with Crippen LogP contribution in [0.4, 0.5) is 5.95 Å². The lowest BCUT2D eigenvalue weighted by Gasteiger charge is -2.36. The summed E-state index contributed by atoms with van der Waals surface area (Å²) in [6.45, 7) is 2.31. The number of ketones is 1. The van der Waals surface area contributed by atoms with Gasteiger partial charge in [-0.05, 0) is 37.3 Å². The van der Waals surface area contributed by atoms with E-state index >= 15 is 0 Å². The van der Waals surface area contributed by atoms with Gasteiger partial charge in [0.15, 0.2) is 11.5 Å². The standard InChI is InChI=1S/C18H20N4O3S/c1-3-25-14-9-10(7-8-12(14)23)16-15-11(5-4-6-13(15)24)19-17-20-18(26-2)21-22(16)17/h5,7-9,15-16,23H,3-4,6H2,1-2H3,(H,19,20,21)/t15-,16-/m0/s1. The van der Waals surface area contributed by atoms with E-state index in [1.165, 1.54) is 11.8 Å². The van der Waals surface area contributed by atoms with E-state index in [4.69, 9.17) is 4.74 Å². The van der Waals surface area contributed by atoms with E-state index in [2.05, 4.69) is 21.5 Å². The molecule has 1 aliphatic heterocycles. The zero-order chi connectivity index (χ0) is 18.3. The Morgan fingerprint density at radius 3 is 3.08 bits per heavy atom. The van der Waals surface area contributed by atoms with Gasteiger partial charge < -0.3 is 15.2 Å². The highest BCUT2D eigenvalue weighted by atomic mass is 32.2. The largest absolute Gasteiger partial charge is 0.504 e. The van der Waals surface area contributed by atoms with Gasteiger partial charge in [-0.3, -0.25) is 4.79 Å². The van der Waals surface area contributed by atoms with E-state index in [0.717, 1.165) is 17.7 Å². The monoisotopic (exact) mass is 372 g/mol. The molecule has 2 heterocycles. The molecule has 26 heavy (non-hydrogen) atoms. The smallest absolute Gasteiger partial charge is 0.227 e. The highest BCUT2D eigenvalue weighted by Gasteiger charge is 2.41. The number of Topliss-reactive ketones (excluding diaryl/α,β-unsaturated/α-hetero) is 1. The Balaban J connectivity index is 1.87. The maximum absolute atomic E-state index is 12.7. The molecule has 0 saturated heterocycles. The number of anilines is 1. The average molecular weight is 372 g/mol. The first kappa shape index (κ1) is 17.0. The van der Waals surface area contributed by atoms with E-state index in [0.29, 0.717) is 29.9 Å². The van der Waals surface area contributed by atoms with Crippen LogP contribution in [0.1, 0.15) is 31.4 Å². The lowest BCUT2D eigenvalue weighted by atomic mass is 9.81. The molecule has 1 aliphatic carbocycles. The SMILES string of the molecule is CCOc1cc([C@H]2[C@@H]3C(=O)CCC=C3Nc3nc(SC)nn32)ccc1O. The maximum Gasteiger partial charge on any atom is 0.227 e. The molecule has 0 saturated carbocycles. The highest BCUT2D eigenvalue weighted by Crippen LogP contribution is 2.43. The molecule has 1 aromatic carbocycles. The van der Waals surface area contributed by atoms with Crippen LogP contribution < -0.4 is 10.1 Å². The highest BCUT2D eigenvalue weighted by molar-refractivity contribution is 7.98. The molecule has 2 N–H and O–H groups in total. The first-order valence-corrected chi connectivity index (χ1v) is 9.81. The molecular formula is C18H20N4O3S. The maximum atomic E-state index is 12.7. The van der Waals surface area contributed by atoms with Crippen LogP contribution in [0.5, 0.6) is 11.5 Å². The molecule has 0 amide bonds. The van der Waals surface area contributed by atoms with Gasteiger partial charge in [0.1, 0.15) is 5.78 Å². The summed E-state index contributed by atoms with van der Waals surface area (Å²) in [5.41, 5.74) is 1.74. The van der Waals surface area contributed by atoms with E-state index in [9.17, 15) is 9.90 Å².